The third-order valence-corrected chi connectivity index (χ3v) is 4.66. The molecule has 1 aliphatic carbocycles. The number of alkyl halides is 2. The molecule has 140 valence electrons. The first-order chi connectivity index (χ1) is 12.5. The van der Waals surface area contributed by atoms with Crippen molar-refractivity contribution in [3.05, 3.63) is 59.4 Å². The largest absolute Gasteiger partial charge is 0.490 e. The molecule has 0 aromatic heterocycles. The monoisotopic (exact) mass is 365 g/mol. The van der Waals surface area contributed by atoms with E-state index in [2.05, 4.69) is 10.1 Å². The Balaban J connectivity index is 1.68. The Labute approximate surface area is 151 Å². The molecule has 2 aromatic carbocycles. The smallest absolute Gasteiger partial charge is 0.387 e. The average Bonchev–Trinajstić information content (AvgIpc) is 3.39. The summed E-state index contributed by atoms with van der Waals surface area (Å²) < 4.78 is 48.7. The zero-order valence-corrected chi connectivity index (χ0v) is 14.6. The average molecular weight is 365 g/mol. The highest BCUT2D eigenvalue weighted by molar-refractivity contribution is 5.46. The van der Waals surface area contributed by atoms with Crippen molar-refractivity contribution in [2.75, 3.05) is 13.2 Å². The van der Waals surface area contributed by atoms with Gasteiger partial charge in [-0.2, -0.15) is 8.78 Å². The Morgan fingerprint density at radius 1 is 1.12 bits per heavy atom. The topological polar surface area (TPSA) is 30.5 Å². The van der Waals surface area contributed by atoms with Gasteiger partial charge in [-0.25, -0.2) is 4.39 Å². The Kier molecular flexibility index (Phi) is 5.71. The molecule has 3 nitrogen and oxygen atoms in total. The van der Waals surface area contributed by atoms with Gasteiger partial charge in [-0.15, -0.1) is 0 Å². The highest BCUT2D eigenvalue weighted by Gasteiger charge is 2.43. The molecule has 2 aromatic rings. The predicted molar refractivity (Wildman–Crippen MR) is 93.3 cm³/mol. The highest BCUT2D eigenvalue weighted by Crippen LogP contribution is 2.47. The summed E-state index contributed by atoms with van der Waals surface area (Å²) in [4.78, 5) is 0. The Morgan fingerprint density at radius 3 is 2.46 bits per heavy atom. The van der Waals surface area contributed by atoms with Crippen molar-refractivity contribution in [3.63, 3.8) is 0 Å². The molecule has 1 aliphatic rings. The molecule has 0 amide bonds. The van der Waals surface area contributed by atoms with E-state index in [0.717, 1.165) is 18.4 Å². The molecule has 0 heterocycles. The maximum Gasteiger partial charge on any atom is 0.387 e. The van der Waals surface area contributed by atoms with Crippen LogP contribution in [0.1, 0.15) is 30.9 Å². The van der Waals surface area contributed by atoms with Crippen LogP contribution in [0.25, 0.3) is 0 Å². The quantitative estimate of drug-likeness (QED) is 0.702. The van der Waals surface area contributed by atoms with Crippen LogP contribution in [0.4, 0.5) is 13.2 Å². The number of nitrogens with one attached hydrogen (secondary N) is 1. The molecule has 0 bridgehead atoms. The van der Waals surface area contributed by atoms with Gasteiger partial charge in [0.05, 0.1) is 6.61 Å². The first-order valence-corrected chi connectivity index (χ1v) is 8.70. The van der Waals surface area contributed by atoms with Crippen molar-refractivity contribution in [1.29, 1.82) is 0 Å². The van der Waals surface area contributed by atoms with Crippen molar-refractivity contribution in [2.24, 2.45) is 0 Å². The molecule has 1 fully saturated rings. The second kappa shape index (κ2) is 7.99. The second-order valence-electron chi connectivity index (χ2n) is 6.45. The van der Waals surface area contributed by atoms with E-state index in [-0.39, 0.29) is 17.0 Å². The van der Waals surface area contributed by atoms with Crippen LogP contribution < -0.4 is 14.8 Å². The molecule has 1 N–H and O–H groups in total. The maximum absolute atomic E-state index is 13.1. The zero-order valence-electron chi connectivity index (χ0n) is 14.6. The van der Waals surface area contributed by atoms with Crippen LogP contribution in [-0.2, 0) is 12.0 Å². The molecule has 0 aliphatic heterocycles. The minimum atomic E-state index is -2.91. The molecule has 6 heteroatoms. The Bertz CT molecular complexity index is 730. The molecule has 3 rings (SSSR count). The fraction of sp³-hybridized carbons (Fsp3) is 0.400. The fourth-order valence-corrected chi connectivity index (χ4v) is 3.15. The van der Waals surface area contributed by atoms with Crippen LogP contribution in [0.5, 0.6) is 11.5 Å². The van der Waals surface area contributed by atoms with Crippen LogP contribution in [0.3, 0.4) is 0 Å². The van der Waals surface area contributed by atoms with E-state index < -0.39 is 6.61 Å². The highest BCUT2D eigenvalue weighted by atomic mass is 19.3. The van der Waals surface area contributed by atoms with Crippen LogP contribution >= 0.6 is 0 Å². The van der Waals surface area contributed by atoms with E-state index in [1.165, 1.54) is 12.1 Å². The number of benzene rings is 2. The van der Waals surface area contributed by atoms with Crippen molar-refractivity contribution in [3.8, 4) is 11.5 Å². The normalized spacial score (nSPS) is 15.1. The van der Waals surface area contributed by atoms with Gasteiger partial charge >= 0.3 is 6.61 Å². The van der Waals surface area contributed by atoms with Gasteiger partial charge in [0.25, 0.3) is 0 Å². The molecular formula is C20H22F3NO2. The fourth-order valence-electron chi connectivity index (χ4n) is 3.15. The van der Waals surface area contributed by atoms with Gasteiger partial charge < -0.3 is 14.8 Å². The van der Waals surface area contributed by atoms with E-state index in [1.807, 2.05) is 12.1 Å². The Morgan fingerprint density at radius 2 is 1.85 bits per heavy atom. The number of hydrogen-bond donors (Lipinski definition) is 1. The summed E-state index contributed by atoms with van der Waals surface area (Å²) in [5, 5.41) is 3.33. The summed E-state index contributed by atoms with van der Waals surface area (Å²) in [7, 11) is 0. The van der Waals surface area contributed by atoms with Crippen LogP contribution in [0.15, 0.2) is 42.5 Å². The third kappa shape index (κ3) is 4.30. The van der Waals surface area contributed by atoms with Crippen molar-refractivity contribution in [2.45, 2.75) is 38.3 Å². The number of para-hydroxylation sites is 1. The van der Waals surface area contributed by atoms with Crippen molar-refractivity contribution < 1.29 is 22.6 Å². The maximum atomic E-state index is 13.1. The predicted octanol–water partition coefficient (Wildman–Crippen LogP) is 4.65. The first kappa shape index (κ1) is 18.6. The molecule has 26 heavy (non-hydrogen) atoms. The molecule has 0 spiro atoms. The molecular weight excluding hydrogens is 343 g/mol. The van der Waals surface area contributed by atoms with Gasteiger partial charge in [-0.1, -0.05) is 24.3 Å². The van der Waals surface area contributed by atoms with Gasteiger partial charge in [-0.05, 0) is 43.5 Å². The summed E-state index contributed by atoms with van der Waals surface area (Å²) in [6.45, 7) is 0.308. The lowest BCUT2D eigenvalue weighted by molar-refractivity contribution is -0.0521. The van der Waals surface area contributed by atoms with Gasteiger partial charge in [0.2, 0.25) is 0 Å². The third-order valence-electron chi connectivity index (χ3n) is 4.66. The van der Waals surface area contributed by atoms with E-state index in [0.29, 0.717) is 31.0 Å². The Hall–Kier alpha value is -2.21. The molecule has 0 atom stereocenters. The van der Waals surface area contributed by atoms with Gasteiger partial charge in [0, 0.05) is 24.1 Å². The molecule has 0 saturated heterocycles. The van der Waals surface area contributed by atoms with Gasteiger partial charge in [0.15, 0.2) is 11.5 Å². The summed E-state index contributed by atoms with van der Waals surface area (Å²) in [6, 6.07) is 11.7. The molecule has 1 saturated carbocycles. The van der Waals surface area contributed by atoms with Crippen LogP contribution in [0.2, 0.25) is 0 Å². The molecule has 0 unspecified atom stereocenters. The van der Waals surface area contributed by atoms with Crippen LogP contribution in [0, 0.1) is 5.82 Å². The van der Waals surface area contributed by atoms with E-state index in [4.69, 9.17) is 4.74 Å². The number of ether oxygens (including phenoxy) is 2. The lowest BCUT2D eigenvalue weighted by Gasteiger charge is -2.19. The van der Waals surface area contributed by atoms with Crippen LogP contribution in [-0.4, -0.2) is 19.8 Å². The first-order valence-electron chi connectivity index (χ1n) is 8.70. The van der Waals surface area contributed by atoms with Crippen molar-refractivity contribution in [1.82, 2.24) is 5.32 Å². The number of halogens is 3. The summed E-state index contributed by atoms with van der Waals surface area (Å²) in [5.41, 5.74) is 1.71. The van der Waals surface area contributed by atoms with E-state index >= 15 is 0 Å². The summed E-state index contributed by atoms with van der Waals surface area (Å²) in [5.74, 6) is 0.134. The van der Waals surface area contributed by atoms with E-state index in [9.17, 15) is 13.2 Å². The van der Waals surface area contributed by atoms with Crippen molar-refractivity contribution >= 4 is 0 Å². The summed E-state index contributed by atoms with van der Waals surface area (Å²) in [6.07, 6.45) is 2.04. The minimum absolute atomic E-state index is 0.00500. The SMILES string of the molecule is CCOc1cccc(CNCC2(c3ccc(F)cc3)CC2)c1OC(F)F. The lowest BCUT2D eigenvalue weighted by Crippen LogP contribution is -2.27. The summed E-state index contributed by atoms with van der Waals surface area (Å²) >= 11 is 0. The lowest BCUT2D eigenvalue weighted by atomic mass is 9.96. The standard InChI is InChI=1S/C20H22F3NO2/c1-2-25-17-5-3-4-14(18(17)26-19(22)23)12-24-13-20(10-11-20)15-6-8-16(21)9-7-15/h3-9,19,24H,2,10-13H2,1H3. The number of rotatable bonds is 9. The van der Waals surface area contributed by atoms with E-state index in [1.54, 1.807) is 25.1 Å². The second-order valence-corrected chi connectivity index (χ2v) is 6.45. The molecule has 0 radical (unpaired) electrons. The van der Waals surface area contributed by atoms with Gasteiger partial charge in [0.1, 0.15) is 5.82 Å². The minimum Gasteiger partial charge on any atom is -0.490 e. The van der Waals surface area contributed by atoms with Gasteiger partial charge in [-0.3, -0.25) is 0 Å². The zero-order chi connectivity index (χ0) is 18.6. The number of hydrogen-bond acceptors (Lipinski definition) is 3.